The fourth-order valence-corrected chi connectivity index (χ4v) is 4.18. The molecule has 2 aromatic heterocycles. The fourth-order valence-electron chi connectivity index (χ4n) is 3.91. The molecule has 1 aromatic carbocycles. The van der Waals surface area contributed by atoms with Gasteiger partial charge in [0.25, 0.3) is 0 Å². The summed E-state index contributed by atoms with van der Waals surface area (Å²) in [5, 5.41) is 12.3. The summed E-state index contributed by atoms with van der Waals surface area (Å²) < 4.78 is 6.99. The molecule has 0 aliphatic carbocycles. The molecule has 9 heteroatoms. The molecule has 158 valence electrons. The highest BCUT2D eigenvalue weighted by molar-refractivity contribution is 6.35. The van der Waals surface area contributed by atoms with Crippen molar-refractivity contribution in [3.8, 4) is 5.75 Å². The first-order valence-corrected chi connectivity index (χ1v) is 10.3. The van der Waals surface area contributed by atoms with Crippen LogP contribution in [0.1, 0.15) is 24.2 Å². The monoisotopic (exact) mass is 429 g/mol. The number of benzene rings is 1. The molecule has 1 N–H and O–H groups in total. The SMILES string of the molecule is CCOC(=O)N1CCN(C(c2cn(C)cn2)c2cc(Cl)c3cccnc3c2O)CC1. The summed E-state index contributed by atoms with van der Waals surface area (Å²) in [6.45, 7) is 4.43. The van der Waals surface area contributed by atoms with Crippen molar-refractivity contribution in [3.05, 3.63) is 53.2 Å². The van der Waals surface area contributed by atoms with Crippen molar-refractivity contribution < 1.29 is 14.6 Å². The number of fused-ring (bicyclic) bond motifs is 1. The van der Waals surface area contributed by atoms with Gasteiger partial charge in [-0.05, 0) is 25.1 Å². The van der Waals surface area contributed by atoms with Gasteiger partial charge >= 0.3 is 6.09 Å². The molecule has 0 radical (unpaired) electrons. The zero-order chi connectivity index (χ0) is 21.3. The lowest BCUT2D eigenvalue weighted by atomic mass is 9.98. The van der Waals surface area contributed by atoms with Crippen molar-refractivity contribution in [2.24, 2.45) is 7.05 Å². The molecule has 1 aliphatic rings. The van der Waals surface area contributed by atoms with Crippen molar-refractivity contribution in [2.75, 3.05) is 32.8 Å². The van der Waals surface area contributed by atoms with E-state index in [-0.39, 0.29) is 17.9 Å². The smallest absolute Gasteiger partial charge is 0.409 e. The number of rotatable bonds is 4. The van der Waals surface area contributed by atoms with E-state index in [1.165, 1.54) is 0 Å². The summed E-state index contributed by atoms with van der Waals surface area (Å²) in [6, 6.07) is 5.09. The maximum absolute atomic E-state index is 12.1. The molecule has 3 heterocycles. The maximum Gasteiger partial charge on any atom is 0.409 e. The Balaban J connectivity index is 1.72. The first-order valence-electron chi connectivity index (χ1n) is 9.89. The minimum Gasteiger partial charge on any atom is -0.505 e. The number of aromatic hydroxyl groups is 1. The molecule has 30 heavy (non-hydrogen) atoms. The number of nitrogens with zero attached hydrogens (tertiary/aromatic N) is 5. The Kier molecular flexibility index (Phi) is 5.78. The molecule has 8 nitrogen and oxygen atoms in total. The highest BCUT2D eigenvalue weighted by Crippen LogP contribution is 2.40. The van der Waals surface area contributed by atoms with Crippen molar-refractivity contribution in [3.63, 3.8) is 0 Å². The predicted octanol–water partition coefficient (Wildman–Crippen LogP) is 3.19. The number of piperazine rings is 1. The quantitative estimate of drug-likeness (QED) is 0.685. The third-order valence-corrected chi connectivity index (χ3v) is 5.66. The van der Waals surface area contributed by atoms with Gasteiger partial charge in [0.2, 0.25) is 0 Å². The second-order valence-corrected chi connectivity index (χ2v) is 7.69. The van der Waals surface area contributed by atoms with Crippen LogP contribution in [0.15, 0.2) is 36.9 Å². The predicted molar refractivity (Wildman–Crippen MR) is 114 cm³/mol. The molecule has 0 spiro atoms. The van der Waals surface area contributed by atoms with Crippen LogP contribution < -0.4 is 0 Å². The van der Waals surface area contributed by atoms with E-state index in [4.69, 9.17) is 16.3 Å². The van der Waals surface area contributed by atoms with Gasteiger partial charge < -0.3 is 19.3 Å². The van der Waals surface area contributed by atoms with E-state index in [0.29, 0.717) is 54.3 Å². The molecule has 0 bridgehead atoms. The number of carbonyl (C=O) groups is 1. The largest absolute Gasteiger partial charge is 0.505 e. The van der Waals surface area contributed by atoms with E-state index in [2.05, 4.69) is 14.9 Å². The van der Waals surface area contributed by atoms with Crippen LogP contribution >= 0.6 is 11.6 Å². The highest BCUT2D eigenvalue weighted by Gasteiger charge is 2.32. The van der Waals surface area contributed by atoms with Crippen molar-refractivity contribution in [2.45, 2.75) is 13.0 Å². The van der Waals surface area contributed by atoms with E-state index in [1.807, 2.05) is 23.9 Å². The normalized spacial score (nSPS) is 16.0. The van der Waals surface area contributed by atoms with E-state index >= 15 is 0 Å². The Bertz CT molecular complexity index is 1060. The number of halogens is 1. The molecule has 1 atom stereocenters. The Hall–Kier alpha value is -2.84. The minimum absolute atomic E-state index is 0.0958. The van der Waals surface area contributed by atoms with Crippen LogP contribution in [-0.4, -0.2) is 68.3 Å². The van der Waals surface area contributed by atoms with E-state index < -0.39 is 0 Å². The molecule has 1 aliphatic heterocycles. The summed E-state index contributed by atoms with van der Waals surface area (Å²) in [5.41, 5.74) is 1.91. The number of phenolic OH excluding ortho intramolecular Hbond substituents is 1. The molecule has 3 aromatic rings. The van der Waals surface area contributed by atoms with Crippen LogP contribution in [0, 0.1) is 0 Å². The number of amides is 1. The third kappa shape index (κ3) is 3.80. The Morgan fingerprint density at radius 2 is 2.07 bits per heavy atom. The van der Waals surface area contributed by atoms with Gasteiger partial charge in [-0.2, -0.15) is 0 Å². The third-order valence-electron chi connectivity index (χ3n) is 5.35. The van der Waals surface area contributed by atoms with Gasteiger partial charge in [0.1, 0.15) is 11.3 Å². The number of aryl methyl sites for hydroxylation is 1. The van der Waals surface area contributed by atoms with Crippen LogP contribution in [0.5, 0.6) is 5.75 Å². The van der Waals surface area contributed by atoms with Gasteiger partial charge in [-0.1, -0.05) is 11.6 Å². The van der Waals surface area contributed by atoms with Crippen LogP contribution in [0.2, 0.25) is 5.02 Å². The van der Waals surface area contributed by atoms with Crippen LogP contribution in [0.4, 0.5) is 4.79 Å². The number of ether oxygens (including phenoxy) is 1. The van der Waals surface area contributed by atoms with Gasteiger partial charge in [-0.25, -0.2) is 9.78 Å². The van der Waals surface area contributed by atoms with Gasteiger partial charge in [0, 0.05) is 56.6 Å². The van der Waals surface area contributed by atoms with E-state index in [9.17, 15) is 9.90 Å². The van der Waals surface area contributed by atoms with Gasteiger partial charge in [0.05, 0.1) is 29.7 Å². The molecular formula is C21H24ClN5O3. The summed E-state index contributed by atoms with van der Waals surface area (Å²) in [6.07, 6.45) is 5.00. The van der Waals surface area contributed by atoms with E-state index in [0.717, 1.165) is 5.69 Å². The standard InChI is InChI=1S/C21H24ClN5O3/c1-3-30-21(29)27-9-7-26(8-10-27)19(17-12-25(2)13-24-17)15-11-16(22)14-5-4-6-23-18(14)20(15)28/h4-6,11-13,19,28H,3,7-10H2,1-2H3. The van der Waals surface area contributed by atoms with E-state index in [1.54, 1.807) is 36.5 Å². The molecule has 4 rings (SSSR count). The van der Waals surface area contributed by atoms with Crippen LogP contribution in [0.3, 0.4) is 0 Å². The summed E-state index contributed by atoms with van der Waals surface area (Å²) in [5.74, 6) is 0.0958. The Morgan fingerprint density at radius 1 is 1.30 bits per heavy atom. The molecular weight excluding hydrogens is 406 g/mol. The first-order chi connectivity index (χ1) is 14.5. The van der Waals surface area contributed by atoms with Crippen LogP contribution in [0.25, 0.3) is 10.9 Å². The zero-order valence-electron chi connectivity index (χ0n) is 17.0. The number of aromatic nitrogens is 3. The number of hydrogen-bond acceptors (Lipinski definition) is 6. The summed E-state index contributed by atoms with van der Waals surface area (Å²) in [7, 11) is 1.90. The lowest BCUT2D eigenvalue weighted by Crippen LogP contribution is -2.50. The molecule has 0 saturated carbocycles. The van der Waals surface area contributed by atoms with Gasteiger partial charge in [0.15, 0.2) is 0 Å². The first kappa shape index (κ1) is 20.4. The molecule has 1 saturated heterocycles. The molecule has 1 amide bonds. The lowest BCUT2D eigenvalue weighted by Gasteiger charge is -2.38. The number of hydrogen-bond donors (Lipinski definition) is 1. The topological polar surface area (TPSA) is 83.7 Å². The maximum atomic E-state index is 12.1. The summed E-state index contributed by atoms with van der Waals surface area (Å²) in [4.78, 5) is 24.8. The fraction of sp³-hybridized carbons (Fsp3) is 0.381. The summed E-state index contributed by atoms with van der Waals surface area (Å²) >= 11 is 6.54. The average Bonchev–Trinajstić information content (AvgIpc) is 3.18. The number of phenols is 1. The average molecular weight is 430 g/mol. The minimum atomic E-state index is -0.320. The van der Waals surface area contributed by atoms with Crippen LogP contribution in [-0.2, 0) is 11.8 Å². The number of imidazole rings is 1. The van der Waals surface area contributed by atoms with Crippen molar-refractivity contribution in [1.82, 2.24) is 24.3 Å². The molecule has 1 unspecified atom stereocenters. The van der Waals surface area contributed by atoms with Crippen molar-refractivity contribution in [1.29, 1.82) is 0 Å². The number of carbonyl (C=O) groups excluding carboxylic acids is 1. The van der Waals surface area contributed by atoms with Crippen molar-refractivity contribution >= 4 is 28.6 Å². The Labute approximate surface area is 179 Å². The Morgan fingerprint density at radius 3 is 2.73 bits per heavy atom. The lowest BCUT2D eigenvalue weighted by molar-refractivity contribution is 0.0707. The second-order valence-electron chi connectivity index (χ2n) is 7.28. The number of pyridine rings is 1. The van der Waals surface area contributed by atoms with Gasteiger partial charge in [-0.15, -0.1) is 0 Å². The second kappa shape index (κ2) is 8.49. The van der Waals surface area contributed by atoms with Gasteiger partial charge in [-0.3, -0.25) is 9.88 Å². The highest BCUT2D eigenvalue weighted by atomic mass is 35.5. The molecule has 1 fully saturated rings. The zero-order valence-corrected chi connectivity index (χ0v) is 17.7.